The number of pyridine rings is 1. The Bertz CT molecular complexity index is 831. The fourth-order valence-electron chi connectivity index (χ4n) is 2.67. The molecule has 116 valence electrons. The number of halogens is 1. The molecule has 0 saturated carbocycles. The Balaban J connectivity index is 1.58. The van der Waals surface area contributed by atoms with Crippen LogP contribution in [0.1, 0.15) is 18.4 Å². The fraction of sp³-hybridized carbons (Fsp3) is 0.235. The quantitative estimate of drug-likeness (QED) is 0.743. The largest absolute Gasteiger partial charge is 0.337 e. The first-order valence-corrected chi connectivity index (χ1v) is 7.47. The summed E-state index contributed by atoms with van der Waals surface area (Å²) in [4.78, 5) is 11.0. The molecular weight excluding hydrogens is 295 g/mol. The topological polar surface area (TPSA) is 55.1 Å². The third-order valence-corrected chi connectivity index (χ3v) is 4.16. The van der Waals surface area contributed by atoms with Gasteiger partial charge in [0.15, 0.2) is 0 Å². The average Bonchev–Trinajstić information content (AvgIpc) is 3.03. The number of hydrogen-bond donors (Lipinski definition) is 0. The number of nitrogens with zero attached hydrogens (tertiary/aromatic N) is 4. The lowest BCUT2D eigenvalue weighted by molar-refractivity contribution is 0.0951. The zero-order valence-corrected chi connectivity index (χ0v) is 12.6. The number of aromatic nitrogens is 3. The van der Waals surface area contributed by atoms with Gasteiger partial charge in [-0.25, -0.2) is 4.39 Å². The van der Waals surface area contributed by atoms with Crippen LogP contribution in [-0.2, 0) is 0 Å². The molecule has 3 aromatic rings. The molecule has 5 nitrogen and oxygen atoms in total. The van der Waals surface area contributed by atoms with E-state index in [1.165, 1.54) is 12.1 Å². The molecule has 0 spiro atoms. The van der Waals surface area contributed by atoms with Crippen LogP contribution in [-0.4, -0.2) is 33.6 Å². The van der Waals surface area contributed by atoms with Crippen molar-refractivity contribution in [3.63, 3.8) is 0 Å². The average molecular weight is 310 g/mol. The first-order chi connectivity index (χ1) is 11.2. The summed E-state index contributed by atoms with van der Waals surface area (Å²) in [7, 11) is 2.03. The highest BCUT2D eigenvalue weighted by molar-refractivity contribution is 5.64. The van der Waals surface area contributed by atoms with Gasteiger partial charge in [0.2, 0.25) is 11.7 Å². The fourth-order valence-corrected chi connectivity index (χ4v) is 2.67. The lowest BCUT2D eigenvalue weighted by Gasteiger charge is -2.34. The summed E-state index contributed by atoms with van der Waals surface area (Å²) in [6.07, 6.45) is 2.72. The van der Waals surface area contributed by atoms with E-state index in [0.717, 1.165) is 24.1 Å². The third kappa shape index (κ3) is 2.61. The minimum atomic E-state index is -0.265. The van der Waals surface area contributed by atoms with Gasteiger partial charge in [-0.05, 0) is 37.2 Å². The van der Waals surface area contributed by atoms with Gasteiger partial charge in [0.1, 0.15) is 11.5 Å². The van der Waals surface area contributed by atoms with E-state index in [-0.39, 0.29) is 11.9 Å². The van der Waals surface area contributed by atoms with E-state index in [4.69, 9.17) is 4.52 Å². The van der Waals surface area contributed by atoms with Crippen LogP contribution in [0.15, 0.2) is 47.1 Å². The first-order valence-electron chi connectivity index (χ1n) is 7.47. The second kappa shape index (κ2) is 5.55. The van der Waals surface area contributed by atoms with Crippen molar-refractivity contribution in [3.05, 3.63) is 54.3 Å². The molecule has 2 aromatic heterocycles. The van der Waals surface area contributed by atoms with E-state index in [0.29, 0.717) is 17.4 Å². The maximum atomic E-state index is 13.3. The Morgan fingerprint density at radius 2 is 2.13 bits per heavy atom. The molecule has 3 heterocycles. The van der Waals surface area contributed by atoms with Gasteiger partial charge < -0.3 is 4.52 Å². The molecule has 4 rings (SSSR count). The lowest BCUT2D eigenvalue weighted by atomic mass is 10.1. The molecule has 1 aliphatic rings. The summed E-state index contributed by atoms with van der Waals surface area (Å²) >= 11 is 0. The Morgan fingerprint density at radius 1 is 1.22 bits per heavy atom. The second-order valence-corrected chi connectivity index (χ2v) is 5.68. The van der Waals surface area contributed by atoms with Gasteiger partial charge in [-0.15, -0.1) is 0 Å². The Hall–Kier alpha value is -2.60. The molecule has 0 N–H and O–H groups in total. The van der Waals surface area contributed by atoms with Crippen molar-refractivity contribution in [2.24, 2.45) is 0 Å². The Morgan fingerprint density at radius 3 is 2.78 bits per heavy atom. The van der Waals surface area contributed by atoms with Crippen molar-refractivity contribution in [1.29, 1.82) is 0 Å². The van der Waals surface area contributed by atoms with Gasteiger partial charge >= 0.3 is 0 Å². The van der Waals surface area contributed by atoms with Gasteiger partial charge in [-0.1, -0.05) is 23.4 Å². The van der Waals surface area contributed by atoms with Crippen molar-refractivity contribution in [2.75, 3.05) is 13.6 Å². The second-order valence-electron chi connectivity index (χ2n) is 5.68. The van der Waals surface area contributed by atoms with E-state index in [9.17, 15) is 4.39 Å². The van der Waals surface area contributed by atoms with Crippen molar-refractivity contribution < 1.29 is 8.91 Å². The van der Waals surface area contributed by atoms with Crippen molar-refractivity contribution in [3.8, 4) is 22.6 Å². The Labute approximate surface area is 132 Å². The zero-order chi connectivity index (χ0) is 15.8. The molecule has 0 bridgehead atoms. The van der Waals surface area contributed by atoms with Crippen molar-refractivity contribution in [1.82, 2.24) is 20.0 Å². The SMILES string of the molecule is CN1CCC1c1nc(-c2ccc(-c3cccc(F)c3)cn2)no1. The zero-order valence-electron chi connectivity index (χ0n) is 12.6. The molecular formula is C17H15FN4O. The lowest BCUT2D eigenvalue weighted by Crippen LogP contribution is -2.37. The van der Waals surface area contributed by atoms with E-state index < -0.39 is 0 Å². The Kier molecular flexibility index (Phi) is 3.38. The van der Waals surface area contributed by atoms with Crippen molar-refractivity contribution in [2.45, 2.75) is 12.5 Å². The molecule has 0 radical (unpaired) electrons. The summed E-state index contributed by atoms with van der Waals surface area (Å²) in [5, 5.41) is 4.01. The molecule has 1 fully saturated rings. The van der Waals surface area contributed by atoms with E-state index >= 15 is 0 Å². The molecule has 1 saturated heterocycles. The van der Waals surface area contributed by atoms with Gasteiger partial charge in [0.05, 0.1) is 6.04 Å². The first kappa shape index (κ1) is 14.0. The number of benzene rings is 1. The molecule has 23 heavy (non-hydrogen) atoms. The van der Waals surface area contributed by atoms with E-state index in [1.807, 2.05) is 25.2 Å². The molecule has 6 heteroatoms. The summed E-state index contributed by atoms with van der Waals surface area (Å²) < 4.78 is 18.6. The molecule has 0 aliphatic carbocycles. The predicted molar refractivity (Wildman–Crippen MR) is 82.9 cm³/mol. The monoisotopic (exact) mass is 310 g/mol. The highest BCUT2D eigenvalue weighted by Crippen LogP contribution is 2.31. The van der Waals surface area contributed by atoms with Gasteiger partial charge in [0, 0.05) is 18.3 Å². The van der Waals surface area contributed by atoms with Crippen molar-refractivity contribution >= 4 is 0 Å². The number of likely N-dealkylation sites (tertiary alicyclic amines) is 1. The molecule has 1 atom stereocenters. The highest BCUT2D eigenvalue weighted by atomic mass is 19.1. The normalized spacial score (nSPS) is 17.9. The van der Waals surface area contributed by atoms with Crippen LogP contribution in [0, 0.1) is 5.82 Å². The number of rotatable bonds is 3. The minimum Gasteiger partial charge on any atom is -0.337 e. The standard InChI is InChI=1S/C17H15FN4O/c1-22-8-7-15(22)17-20-16(21-23-17)14-6-5-12(10-19-14)11-3-2-4-13(18)9-11/h2-6,9-10,15H,7-8H2,1H3. The molecule has 0 amide bonds. The van der Waals surface area contributed by atoms with Crippen LogP contribution >= 0.6 is 0 Å². The third-order valence-electron chi connectivity index (χ3n) is 4.16. The van der Waals surface area contributed by atoms with Crippen LogP contribution in [0.4, 0.5) is 4.39 Å². The van der Waals surface area contributed by atoms with Gasteiger partial charge in [-0.2, -0.15) is 4.98 Å². The smallest absolute Gasteiger partial charge is 0.244 e. The van der Waals surface area contributed by atoms with Crippen LogP contribution in [0.3, 0.4) is 0 Å². The minimum absolute atomic E-state index is 0.211. The number of hydrogen-bond acceptors (Lipinski definition) is 5. The van der Waals surface area contributed by atoms with Crippen LogP contribution in [0.25, 0.3) is 22.6 Å². The van der Waals surface area contributed by atoms with Crippen LogP contribution < -0.4 is 0 Å². The summed E-state index contributed by atoms with van der Waals surface area (Å²) in [5.74, 6) is 0.842. The van der Waals surface area contributed by atoms with E-state index in [2.05, 4.69) is 20.0 Å². The molecule has 1 unspecified atom stereocenters. The summed E-state index contributed by atoms with van der Waals surface area (Å²) in [6.45, 7) is 1.04. The summed E-state index contributed by atoms with van der Waals surface area (Å²) in [6, 6.07) is 10.3. The van der Waals surface area contributed by atoms with Crippen LogP contribution in [0.5, 0.6) is 0 Å². The van der Waals surface area contributed by atoms with Gasteiger partial charge in [0.25, 0.3) is 0 Å². The predicted octanol–water partition coefficient (Wildman–Crippen LogP) is 3.31. The van der Waals surface area contributed by atoms with Gasteiger partial charge in [-0.3, -0.25) is 9.88 Å². The van der Waals surface area contributed by atoms with E-state index in [1.54, 1.807) is 12.3 Å². The molecule has 1 aromatic carbocycles. The van der Waals surface area contributed by atoms with Crippen LogP contribution in [0.2, 0.25) is 0 Å². The highest BCUT2D eigenvalue weighted by Gasteiger charge is 2.31. The molecule has 1 aliphatic heterocycles. The summed E-state index contributed by atoms with van der Waals surface area (Å²) in [5.41, 5.74) is 2.27. The maximum absolute atomic E-state index is 13.3. The maximum Gasteiger partial charge on any atom is 0.244 e.